The fraction of sp³-hybridized carbons (Fsp3) is 0.692. The van der Waals surface area contributed by atoms with Crippen LogP contribution in [0.2, 0.25) is 0 Å². The topological polar surface area (TPSA) is 47.0 Å². The molecule has 0 fully saturated rings. The average Bonchev–Trinajstić information content (AvgIpc) is 2.29. The summed E-state index contributed by atoms with van der Waals surface area (Å²) in [5.41, 5.74) is 0. The van der Waals surface area contributed by atoms with E-state index in [0.717, 1.165) is 18.1 Å². The van der Waals surface area contributed by atoms with Crippen molar-refractivity contribution >= 4 is 5.82 Å². The zero-order valence-corrected chi connectivity index (χ0v) is 11.4. The molecule has 0 bridgehead atoms. The molecule has 0 spiro atoms. The lowest BCUT2D eigenvalue weighted by Crippen LogP contribution is -2.16. The maximum atomic E-state index is 5.46. The van der Waals surface area contributed by atoms with E-state index in [4.69, 9.17) is 4.74 Å². The van der Waals surface area contributed by atoms with Crippen molar-refractivity contribution in [1.29, 1.82) is 0 Å². The minimum Gasteiger partial charge on any atom is -0.478 e. The first kappa shape index (κ1) is 13.7. The molecule has 0 amide bonds. The molecule has 17 heavy (non-hydrogen) atoms. The van der Waals surface area contributed by atoms with Crippen LogP contribution in [0.5, 0.6) is 5.88 Å². The molecule has 1 heterocycles. The first-order valence-corrected chi connectivity index (χ1v) is 6.35. The molecule has 4 heteroatoms. The smallest absolute Gasteiger partial charge is 0.218 e. The van der Waals surface area contributed by atoms with Crippen molar-refractivity contribution in [2.45, 2.75) is 53.0 Å². The van der Waals surface area contributed by atoms with Gasteiger partial charge in [-0.25, -0.2) is 4.98 Å². The Balaban J connectivity index is 2.94. The lowest BCUT2D eigenvalue weighted by Gasteiger charge is -2.15. The summed E-state index contributed by atoms with van der Waals surface area (Å²) < 4.78 is 5.46. The zero-order valence-electron chi connectivity index (χ0n) is 11.4. The standard InChI is InChI=1S/C13H23N3O/c1-6-10(5)14-11-8-12(17-7-2)16-13(15-11)9(3)4/h8-10H,6-7H2,1-5H3,(H,14,15,16). The Morgan fingerprint density at radius 3 is 2.47 bits per heavy atom. The van der Waals surface area contributed by atoms with E-state index >= 15 is 0 Å². The van der Waals surface area contributed by atoms with Crippen molar-refractivity contribution in [2.75, 3.05) is 11.9 Å². The highest BCUT2D eigenvalue weighted by atomic mass is 16.5. The largest absolute Gasteiger partial charge is 0.478 e. The molecule has 1 atom stereocenters. The Morgan fingerprint density at radius 2 is 1.94 bits per heavy atom. The quantitative estimate of drug-likeness (QED) is 0.825. The van der Waals surface area contributed by atoms with Crippen LogP contribution in [0.3, 0.4) is 0 Å². The van der Waals surface area contributed by atoms with Gasteiger partial charge in [0, 0.05) is 18.0 Å². The van der Waals surface area contributed by atoms with E-state index in [1.165, 1.54) is 0 Å². The highest BCUT2D eigenvalue weighted by Gasteiger charge is 2.09. The molecule has 1 unspecified atom stereocenters. The van der Waals surface area contributed by atoms with Crippen molar-refractivity contribution in [3.8, 4) is 5.88 Å². The van der Waals surface area contributed by atoms with Gasteiger partial charge in [-0.1, -0.05) is 20.8 Å². The van der Waals surface area contributed by atoms with E-state index in [2.05, 4.69) is 43.0 Å². The van der Waals surface area contributed by atoms with Crippen molar-refractivity contribution in [1.82, 2.24) is 9.97 Å². The number of hydrogen-bond acceptors (Lipinski definition) is 4. The molecule has 4 nitrogen and oxygen atoms in total. The molecule has 0 aliphatic carbocycles. The van der Waals surface area contributed by atoms with E-state index in [9.17, 15) is 0 Å². The molecule has 1 N–H and O–H groups in total. The molecule has 1 rings (SSSR count). The van der Waals surface area contributed by atoms with Gasteiger partial charge in [0.1, 0.15) is 11.6 Å². The van der Waals surface area contributed by atoms with Gasteiger partial charge in [0.25, 0.3) is 0 Å². The number of nitrogens with one attached hydrogen (secondary N) is 1. The summed E-state index contributed by atoms with van der Waals surface area (Å²) in [5, 5.41) is 3.35. The van der Waals surface area contributed by atoms with Crippen molar-refractivity contribution in [2.24, 2.45) is 0 Å². The van der Waals surface area contributed by atoms with Crippen LogP contribution in [-0.2, 0) is 0 Å². The van der Waals surface area contributed by atoms with Gasteiger partial charge in [-0.15, -0.1) is 0 Å². The average molecular weight is 237 g/mol. The summed E-state index contributed by atoms with van der Waals surface area (Å²) in [6.07, 6.45) is 1.06. The van der Waals surface area contributed by atoms with E-state index in [1.807, 2.05) is 13.0 Å². The molecule has 1 aromatic heterocycles. The normalized spacial score (nSPS) is 12.6. The zero-order chi connectivity index (χ0) is 12.8. The van der Waals surface area contributed by atoms with Gasteiger partial charge in [-0.2, -0.15) is 4.98 Å². The van der Waals surface area contributed by atoms with Gasteiger partial charge in [0.15, 0.2) is 0 Å². The monoisotopic (exact) mass is 237 g/mol. The Hall–Kier alpha value is -1.32. The Kier molecular flexibility index (Phi) is 5.19. The maximum absolute atomic E-state index is 5.46. The molecule has 0 aromatic carbocycles. The van der Waals surface area contributed by atoms with Gasteiger partial charge in [-0.3, -0.25) is 0 Å². The van der Waals surface area contributed by atoms with Crippen molar-refractivity contribution < 1.29 is 4.74 Å². The highest BCUT2D eigenvalue weighted by molar-refractivity contribution is 5.39. The van der Waals surface area contributed by atoms with Crippen LogP contribution in [0.25, 0.3) is 0 Å². The summed E-state index contributed by atoms with van der Waals surface area (Å²) in [6.45, 7) is 11.0. The molecule has 0 saturated heterocycles. The Morgan fingerprint density at radius 1 is 1.24 bits per heavy atom. The number of nitrogens with zero attached hydrogens (tertiary/aromatic N) is 2. The first-order chi connectivity index (χ1) is 8.06. The van der Waals surface area contributed by atoms with Crippen LogP contribution >= 0.6 is 0 Å². The molecule has 1 aromatic rings. The van der Waals surface area contributed by atoms with Crippen LogP contribution in [0.4, 0.5) is 5.82 Å². The molecule has 0 aliphatic heterocycles. The summed E-state index contributed by atoms with van der Waals surface area (Å²) in [5.74, 6) is 2.62. The minimum absolute atomic E-state index is 0.299. The molecule has 0 saturated carbocycles. The van der Waals surface area contributed by atoms with Crippen molar-refractivity contribution in [3.05, 3.63) is 11.9 Å². The van der Waals surface area contributed by atoms with Gasteiger partial charge in [0.05, 0.1) is 6.61 Å². The van der Waals surface area contributed by atoms with Gasteiger partial charge in [0.2, 0.25) is 5.88 Å². The van der Waals surface area contributed by atoms with Crippen LogP contribution in [0.1, 0.15) is 52.8 Å². The van der Waals surface area contributed by atoms with Crippen molar-refractivity contribution in [3.63, 3.8) is 0 Å². The second kappa shape index (κ2) is 6.42. The summed E-state index contributed by atoms with van der Waals surface area (Å²) in [6, 6.07) is 2.26. The number of anilines is 1. The fourth-order valence-corrected chi connectivity index (χ4v) is 1.35. The van der Waals surface area contributed by atoms with Gasteiger partial charge >= 0.3 is 0 Å². The minimum atomic E-state index is 0.299. The van der Waals surface area contributed by atoms with Gasteiger partial charge < -0.3 is 10.1 Å². The number of hydrogen-bond donors (Lipinski definition) is 1. The van der Waals surface area contributed by atoms with E-state index < -0.39 is 0 Å². The number of aromatic nitrogens is 2. The molecule has 96 valence electrons. The second-order valence-corrected chi connectivity index (χ2v) is 4.49. The summed E-state index contributed by atoms with van der Waals surface area (Å²) in [4.78, 5) is 8.88. The fourth-order valence-electron chi connectivity index (χ4n) is 1.35. The predicted octanol–water partition coefficient (Wildman–Crippen LogP) is 3.21. The lowest BCUT2D eigenvalue weighted by atomic mass is 10.2. The van der Waals surface area contributed by atoms with E-state index in [1.54, 1.807) is 0 Å². The molecular formula is C13H23N3O. The van der Waals surface area contributed by atoms with Gasteiger partial charge in [-0.05, 0) is 20.3 Å². The van der Waals surface area contributed by atoms with Crippen LogP contribution < -0.4 is 10.1 Å². The van der Waals surface area contributed by atoms with Crippen LogP contribution in [0.15, 0.2) is 6.07 Å². The molecule has 0 radical (unpaired) electrons. The third-order valence-corrected chi connectivity index (χ3v) is 2.54. The Labute approximate surface area is 104 Å². The Bertz CT molecular complexity index is 353. The SMILES string of the molecule is CCOc1cc(NC(C)CC)nc(C(C)C)n1. The first-order valence-electron chi connectivity index (χ1n) is 6.35. The van der Waals surface area contributed by atoms with E-state index in [-0.39, 0.29) is 0 Å². The third kappa shape index (κ3) is 4.21. The third-order valence-electron chi connectivity index (χ3n) is 2.54. The van der Waals surface area contributed by atoms with Crippen LogP contribution in [0, 0.1) is 0 Å². The molecular weight excluding hydrogens is 214 g/mol. The number of ether oxygens (including phenoxy) is 1. The predicted molar refractivity (Wildman–Crippen MR) is 70.7 cm³/mol. The van der Waals surface area contributed by atoms with Crippen LogP contribution in [-0.4, -0.2) is 22.6 Å². The lowest BCUT2D eigenvalue weighted by molar-refractivity contribution is 0.324. The number of rotatable bonds is 6. The maximum Gasteiger partial charge on any atom is 0.218 e. The molecule has 0 aliphatic rings. The summed E-state index contributed by atoms with van der Waals surface area (Å²) in [7, 11) is 0. The second-order valence-electron chi connectivity index (χ2n) is 4.49. The highest BCUT2D eigenvalue weighted by Crippen LogP contribution is 2.19. The van der Waals surface area contributed by atoms with E-state index in [0.29, 0.717) is 24.4 Å². The summed E-state index contributed by atoms with van der Waals surface area (Å²) >= 11 is 0.